The lowest BCUT2D eigenvalue weighted by molar-refractivity contribution is 0.102. The number of rotatable bonds is 5. The van der Waals surface area contributed by atoms with Crippen LogP contribution in [-0.4, -0.2) is 16.6 Å². The Kier molecular flexibility index (Phi) is 6.80. The van der Waals surface area contributed by atoms with Crippen molar-refractivity contribution in [2.45, 2.75) is 27.7 Å². The van der Waals surface area contributed by atoms with E-state index < -0.39 is 0 Å². The molecular weight excluding hydrogens is 394 g/mol. The number of benzene rings is 2. The molecule has 0 radical (unpaired) electrons. The largest absolute Gasteiger partial charge is 0.321 e. The minimum absolute atomic E-state index is 0.272. The van der Waals surface area contributed by atoms with Crippen molar-refractivity contribution in [1.29, 1.82) is 0 Å². The molecule has 0 spiro atoms. The summed E-state index contributed by atoms with van der Waals surface area (Å²) in [6.07, 6.45) is 1.99. The van der Waals surface area contributed by atoms with Gasteiger partial charge >= 0.3 is 0 Å². The topological polar surface area (TPSA) is 54.4 Å². The Labute approximate surface area is 182 Å². The SMILES string of the molecule is CC(C)=CC(=Nc1ccccc1C)c1cc(NC(=O)c2cccc(C)n2)ccc1Cl. The Morgan fingerprint density at radius 3 is 2.50 bits per heavy atom. The number of aromatic nitrogens is 1. The maximum Gasteiger partial charge on any atom is 0.274 e. The molecule has 0 saturated carbocycles. The normalized spacial score (nSPS) is 11.2. The van der Waals surface area contributed by atoms with Crippen LogP contribution in [0.4, 0.5) is 11.4 Å². The van der Waals surface area contributed by atoms with Gasteiger partial charge in [0.2, 0.25) is 0 Å². The van der Waals surface area contributed by atoms with Crippen molar-refractivity contribution in [2.75, 3.05) is 5.32 Å². The second-order valence-electron chi connectivity index (χ2n) is 7.32. The lowest BCUT2D eigenvalue weighted by Crippen LogP contribution is -2.14. The number of amides is 1. The highest BCUT2D eigenvalue weighted by molar-refractivity contribution is 6.35. The molecule has 1 aromatic heterocycles. The van der Waals surface area contributed by atoms with Gasteiger partial charge in [0.05, 0.1) is 16.4 Å². The highest BCUT2D eigenvalue weighted by atomic mass is 35.5. The summed E-state index contributed by atoms with van der Waals surface area (Å²) < 4.78 is 0. The zero-order valence-electron chi connectivity index (χ0n) is 17.5. The summed E-state index contributed by atoms with van der Waals surface area (Å²) in [5.74, 6) is -0.272. The number of pyridine rings is 1. The lowest BCUT2D eigenvalue weighted by atomic mass is 10.1. The van der Waals surface area contributed by atoms with Crippen molar-refractivity contribution in [2.24, 2.45) is 4.99 Å². The van der Waals surface area contributed by atoms with Gasteiger partial charge in [-0.2, -0.15) is 0 Å². The minimum atomic E-state index is -0.272. The Morgan fingerprint density at radius 2 is 1.80 bits per heavy atom. The first kappa shape index (κ1) is 21.5. The van der Waals surface area contributed by atoms with Gasteiger partial charge in [0.25, 0.3) is 5.91 Å². The summed E-state index contributed by atoms with van der Waals surface area (Å²) in [5, 5.41) is 3.46. The molecule has 0 aliphatic carbocycles. The molecule has 4 nitrogen and oxygen atoms in total. The van der Waals surface area contributed by atoms with Gasteiger partial charge in [0, 0.05) is 16.9 Å². The number of carbonyl (C=O) groups excluding carboxylic acids is 1. The van der Waals surface area contributed by atoms with Gasteiger partial charge in [-0.25, -0.2) is 9.98 Å². The van der Waals surface area contributed by atoms with Crippen LogP contribution < -0.4 is 5.32 Å². The summed E-state index contributed by atoms with van der Waals surface area (Å²) in [6, 6.07) is 18.7. The molecule has 152 valence electrons. The summed E-state index contributed by atoms with van der Waals surface area (Å²) in [7, 11) is 0. The molecule has 0 aliphatic rings. The van der Waals surface area contributed by atoms with Crippen LogP contribution in [0.2, 0.25) is 5.02 Å². The molecule has 5 heteroatoms. The second kappa shape index (κ2) is 9.51. The smallest absolute Gasteiger partial charge is 0.274 e. The van der Waals surface area contributed by atoms with E-state index in [-0.39, 0.29) is 5.91 Å². The Balaban J connectivity index is 2.00. The van der Waals surface area contributed by atoms with Crippen LogP contribution in [-0.2, 0) is 0 Å². The summed E-state index contributed by atoms with van der Waals surface area (Å²) in [5.41, 5.74) is 6.30. The number of halogens is 1. The highest BCUT2D eigenvalue weighted by Crippen LogP contribution is 2.26. The van der Waals surface area contributed by atoms with E-state index in [4.69, 9.17) is 16.6 Å². The number of aryl methyl sites for hydroxylation is 2. The predicted octanol–water partition coefficient (Wildman–Crippen LogP) is 6.69. The van der Waals surface area contributed by atoms with Gasteiger partial charge in [0.1, 0.15) is 5.69 Å². The number of allylic oxidation sites excluding steroid dienone is 2. The third kappa shape index (κ3) is 5.43. The van der Waals surface area contributed by atoms with Gasteiger partial charge in [-0.15, -0.1) is 0 Å². The van der Waals surface area contributed by atoms with E-state index in [0.29, 0.717) is 16.4 Å². The van der Waals surface area contributed by atoms with E-state index in [1.54, 1.807) is 18.2 Å². The molecule has 3 rings (SSSR count). The maximum atomic E-state index is 12.6. The van der Waals surface area contributed by atoms with Crippen molar-refractivity contribution in [3.05, 3.63) is 99.9 Å². The zero-order chi connectivity index (χ0) is 21.7. The van der Waals surface area contributed by atoms with Crippen molar-refractivity contribution in [1.82, 2.24) is 4.98 Å². The quantitative estimate of drug-likeness (QED) is 0.470. The summed E-state index contributed by atoms with van der Waals surface area (Å²) >= 11 is 6.52. The molecular formula is C25H24ClN3O. The van der Waals surface area contributed by atoms with E-state index in [9.17, 15) is 4.79 Å². The molecule has 3 aromatic rings. The van der Waals surface area contributed by atoms with Crippen LogP contribution in [0, 0.1) is 13.8 Å². The van der Waals surface area contributed by atoms with E-state index in [1.807, 2.05) is 76.2 Å². The molecule has 1 heterocycles. The summed E-state index contributed by atoms with van der Waals surface area (Å²) in [4.78, 5) is 21.7. The second-order valence-corrected chi connectivity index (χ2v) is 7.73. The van der Waals surface area contributed by atoms with Crippen LogP contribution in [0.5, 0.6) is 0 Å². The molecule has 0 aliphatic heterocycles. The summed E-state index contributed by atoms with van der Waals surface area (Å²) in [6.45, 7) is 7.89. The van der Waals surface area contributed by atoms with Crippen LogP contribution in [0.15, 0.2) is 77.3 Å². The zero-order valence-corrected chi connectivity index (χ0v) is 18.3. The lowest BCUT2D eigenvalue weighted by Gasteiger charge is -2.11. The van der Waals surface area contributed by atoms with Crippen molar-refractivity contribution < 1.29 is 4.79 Å². The molecule has 30 heavy (non-hydrogen) atoms. The fraction of sp³-hybridized carbons (Fsp3) is 0.160. The number of para-hydroxylation sites is 1. The molecule has 0 unspecified atom stereocenters. The van der Waals surface area contributed by atoms with Crippen molar-refractivity contribution in [3.8, 4) is 0 Å². The van der Waals surface area contributed by atoms with E-state index in [0.717, 1.165) is 33.8 Å². The predicted molar refractivity (Wildman–Crippen MR) is 125 cm³/mol. The third-order valence-corrected chi connectivity index (χ3v) is 4.73. The third-order valence-electron chi connectivity index (χ3n) is 4.40. The van der Waals surface area contributed by atoms with Gasteiger partial charge in [-0.3, -0.25) is 4.79 Å². The number of anilines is 1. The number of aliphatic imine (C=N–C) groups is 1. The van der Waals surface area contributed by atoms with Crippen LogP contribution in [0.1, 0.15) is 41.2 Å². The number of nitrogens with one attached hydrogen (secondary N) is 1. The number of hydrogen-bond acceptors (Lipinski definition) is 3. The average Bonchev–Trinajstić information content (AvgIpc) is 2.70. The van der Waals surface area contributed by atoms with Gasteiger partial charge < -0.3 is 5.32 Å². The molecule has 1 amide bonds. The minimum Gasteiger partial charge on any atom is -0.321 e. The average molecular weight is 418 g/mol. The highest BCUT2D eigenvalue weighted by Gasteiger charge is 2.12. The molecule has 0 saturated heterocycles. The first-order chi connectivity index (χ1) is 14.3. The number of hydrogen-bond donors (Lipinski definition) is 1. The van der Waals surface area contributed by atoms with E-state index in [2.05, 4.69) is 10.3 Å². The van der Waals surface area contributed by atoms with E-state index in [1.165, 1.54) is 0 Å². The number of nitrogens with zero attached hydrogens (tertiary/aromatic N) is 2. The number of carbonyl (C=O) groups is 1. The van der Waals surface area contributed by atoms with Crippen LogP contribution in [0.3, 0.4) is 0 Å². The molecule has 0 bridgehead atoms. The fourth-order valence-corrected chi connectivity index (χ4v) is 3.14. The van der Waals surface area contributed by atoms with Crippen LogP contribution >= 0.6 is 11.6 Å². The standard InChI is InChI=1S/C25H24ClN3O/c1-16(2)14-24(29-22-10-6-5-8-17(22)3)20-15-19(12-13-21(20)26)28-25(30)23-11-7-9-18(4)27-23/h5-15H,1-4H3,(H,28,30). The first-order valence-corrected chi connectivity index (χ1v) is 10.1. The maximum absolute atomic E-state index is 12.6. The molecule has 0 fully saturated rings. The monoisotopic (exact) mass is 417 g/mol. The molecule has 1 N–H and O–H groups in total. The molecule has 2 aromatic carbocycles. The van der Waals surface area contributed by atoms with Crippen molar-refractivity contribution in [3.63, 3.8) is 0 Å². The first-order valence-electron chi connectivity index (χ1n) is 9.67. The Bertz CT molecular complexity index is 1140. The fourth-order valence-electron chi connectivity index (χ4n) is 2.93. The Morgan fingerprint density at radius 1 is 1.03 bits per heavy atom. The van der Waals surface area contributed by atoms with E-state index >= 15 is 0 Å². The van der Waals surface area contributed by atoms with Crippen molar-refractivity contribution >= 4 is 34.6 Å². The molecule has 0 atom stereocenters. The van der Waals surface area contributed by atoms with Gasteiger partial charge in [-0.1, -0.05) is 41.4 Å². The van der Waals surface area contributed by atoms with Crippen LogP contribution in [0.25, 0.3) is 0 Å². The Hall–Kier alpha value is -3.24. The van der Waals surface area contributed by atoms with Gasteiger partial charge in [0.15, 0.2) is 0 Å². The van der Waals surface area contributed by atoms with Gasteiger partial charge in [-0.05, 0) is 75.7 Å².